The molecule has 0 aliphatic heterocycles. The first-order valence-corrected chi connectivity index (χ1v) is 10.1. The summed E-state index contributed by atoms with van der Waals surface area (Å²) in [6.07, 6.45) is 6.74. The van der Waals surface area contributed by atoms with Gasteiger partial charge in [-0.05, 0) is 42.8 Å². The Morgan fingerprint density at radius 1 is 0.969 bits per heavy atom. The minimum Gasteiger partial charge on any atom is -0.490 e. The summed E-state index contributed by atoms with van der Waals surface area (Å²) in [6.45, 7) is 2.87. The van der Waals surface area contributed by atoms with Gasteiger partial charge in [0, 0.05) is 11.1 Å². The van der Waals surface area contributed by atoms with Gasteiger partial charge in [0.25, 0.3) is 5.91 Å². The molecule has 32 heavy (non-hydrogen) atoms. The molecule has 3 aromatic rings. The van der Waals surface area contributed by atoms with Crippen molar-refractivity contribution in [3.05, 3.63) is 89.5 Å². The Balaban J connectivity index is 1.67. The number of para-hydroxylation sites is 1. The summed E-state index contributed by atoms with van der Waals surface area (Å²) in [7, 11) is 0. The molecule has 0 aliphatic rings. The SMILES string of the molecule is C#CCOc1ccccc1/C=N/NC(=O)c1ccc(OCc2ccccc2)c(OCC)c1. The second-order valence-electron chi connectivity index (χ2n) is 6.60. The van der Waals surface area contributed by atoms with Crippen molar-refractivity contribution in [3.63, 3.8) is 0 Å². The molecule has 3 aromatic carbocycles. The largest absolute Gasteiger partial charge is 0.490 e. The normalized spacial score (nSPS) is 10.4. The molecule has 0 atom stereocenters. The van der Waals surface area contributed by atoms with Crippen LogP contribution < -0.4 is 19.6 Å². The maximum atomic E-state index is 12.6. The lowest BCUT2D eigenvalue weighted by Crippen LogP contribution is -2.18. The second kappa shape index (κ2) is 11.8. The van der Waals surface area contributed by atoms with E-state index < -0.39 is 0 Å². The van der Waals surface area contributed by atoms with Crippen LogP contribution in [-0.2, 0) is 6.61 Å². The summed E-state index contributed by atoms with van der Waals surface area (Å²) in [5.74, 6) is 3.69. The molecule has 6 nitrogen and oxygen atoms in total. The number of carbonyl (C=O) groups is 1. The van der Waals surface area contributed by atoms with Gasteiger partial charge < -0.3 is 14.2 Å². The molecule has 0 aliphatic carbocycles. The summed E-state index contributed by atoms with van der Waals surface area (Å²) in [6, 6.07) is 22.1. The number of nitrogens with one attached hydrogen (secondary N) is 1. The van der Waals surface area contributed by atoms with Crippen LogP contribution in [0.4, 0.5) is 0 Å². The maximum Gasteiger partial charge on any atom is 0.271 e. The van der Waals surface area contributed by atoms with E-state index in [1.54, 1.807) is 24.3 Å². The third-order valence-corrected chi connectivity index (χ3v) is 4.34. The van der Waals surface area contributed by atoms with Crippen molar-refractivity contribution < 1.29 is 19.0 Å². The van der Waals surface area contributed by atoms with Crippen LogP contribution in [0.1, 0.15) is 28.4 Å². The van der Waals surface area contributed by atoms with Gasteiger partial charge in [-0.2, -0.15) is 5.10 Å². The summed E-state index contributed by atoms with van der Waals surface area (Å²) >= 11 is 0. The van der Waals surface area contributed by atoms with Crippen LogP contribution in [0.5, 0.6) is 17.2 Å². The molecular formula is C26H24N2O4. The van der Waals surface area contributed by atoms with E-state index in [1.165, 1.54) is 6.21 Å². The predicted molar refractivity (Wildman–Crippen MR) is 124 cm³/mol. The van der Waals surface area contributed by atoms with Gasteiger partial charge >= 0.3 is 0 Å². The zero-order chi connectivity index (χ0) is 22.6. The van der Waals surface area contributed by atoms with Gasteiger partial charge in [0.2, 0.25) is 0 Å². The highest BCUT2D eigenvalue weighted by molar-refractivity contribution is 5.95. The second-order valence-corrected chi connectivity index (χ2v) is 6.60. The highest BCUT2D eigenvalue weighted by atomic mass is 16.5. The monoisotopic (exact) mass is 428 g/mol. The molecule has 1 amide bonds. The van der Waals surface area contributed by atoms with Gasteiger partial charge in [-0.15, -0.1) is 6.42 Å². The lowest BCUT2D eigenvalue weighted by molar-refractivity contribution is 0.0954. The van der Waals surface area contributed by atoms with Crippen molar-refractivity contribution in [1.29, 1.82) is 0 Å². The number of ether oxygens (including phenoxy) is 3. The molecule has 0 spiro atoms. The molecule has 3 rings (SSSR count). The quantitative estimate of drug-likeness (QED) is 0.294. The van der Waals surface area contributed by atoms with E-state index in [0.29, 0.717) is 41.6 Å². The summed E-state index contributed by atoms with van der Waals surface area (Å²) < 4.78 is 17.0. The molecule has 0 saturated carbocycles. The van der Waals surface area contributed by atoms with E-state index in [1.807, 2.05) is 55.5 Å². The Morgan fingerprint density at radius 3 is 2.53 bits per heavy atom. The third-order valence-electron chi connectivity index (χ3n) is 4.34. The van der Waals surface area contributed by atoms with Crippen LogP contribution in [0, 0.1) is 12.3 Å². The number of terminal acetylenes is 1. The molecule has 0 heterocycles. The Kier molecular flexibility index (Phi) is 8.29. The molecule has 0 fully saturated rings. The van der Waals surface area contributed by atoms with E-state index in [4.69, 9.17) is 20.6 Å². The van der Waals surface area contributed by atoms with Crippen LogP contribution in [0.15, 0.2) is 77.9 Å². The number of amides is 1. The maximum absolute atomic E-state index is 12.6. The Labute approximate surface area is 187 Å². The van der Waals surface area contributed by atoms with Crippen LogP contribution in [0.3, 0.4) is 0 Å². The first-order chi connectivity index (χ1) is 15.7. The lowest BCUT2D eigenvalue weighted by atomic mass is 10.2. The van der Waals surface area contributed by atoms with Crippen molar-refractivity contribution in [2.75, 3.05) is 13.2 Å². The minimum absolute atomic E-state index is 0.149. The highest BCUT2D eigenvalue weighted by Gasteiger charge is 2.12. The molecule has 0 aromatic heterocycles. The molecule has 0 saturated heterocycles. The molecular weight excluding hydrogens is 404 g/mol. The minimum atomic E-state index is -0.376. The van der Waals surface area contributed by atoms with Crippen LogP contribution in [0.2, 0.25) is 0 Å². The first-order valence-electron chi connectivity index (χ1n) is 10.1. The van der Waals surface area contributed by atoms with Gasteiger partial charge in [0.05, 0.1) is 12.8 Å². The zero-order valence-electron chi connectivity index (χ0n) is 17.8. The molecule has 0 bridgehead atoms. The number of hydrazone groups is 1. The van der Waals surface area contributed by atoms with Crippen molar-refractivity contribution in [1.82, 2.24) is 5.43 Å². The average molecular weight is 428 g/mol. The zero-order valence-corrected chi connectivity index (χ0v) is 17.8. The number of rotatable bonds is 10. The molecule has 6 heteroatoms. The highest BCUT2D eigenvalue weighted by Crippen LogP contribution is 2.29. The van der Waals surface area contributed by atoms with Crippen molar-refractivity contribution in [2.45, 2.75) is 13.5 Å². The van der Waals surface area contributed by atoms with E-state index in [0.717, 1.165) is 5.56 Å². The smallest absolute Gasteiger partial charge is 0.271 e. The van der Waals surface area contributed by atoms with Crippen LogP contribution in [0.25, 0.3) is 0 Å². The average Bonchev–Trinajstić information content (AvgIpc) is 2.83. The van der Waals surface area contributed by atoms with Crippen molar-refractivity contribution >= 4 is 12.1 Å². The van der Waals surface area contributed by atoms with Crippen LogP contribution in [-0.4, -0.2) is 25.3 Å². The van der Waals surface area contributed by atoms with Gasteiger partial charge in [-0.3, -0.25) is 4.79 Å². The first kappa shape index (κ1) is 22.4. The Morgan fingerprint density at radius 2 is 1.75 bits per heavy atom. The number of carbonyl (C=O) groups excluding carboxylic acids is 1. The number of hydrogen-bond acceptors (Lipinski definition) is 5. The van der Waals surface area contributed by atoms with E-state index in [9.17, 15) is 4.79 Å². The van der Waals surface area contributed by atoms with Crippen LogP contribution >= 0.6 is 0 Å². The van der Waals surface area contributed by atoms with Crippen molar-refractivity contribution in [2.24, 2.45) is 5.10 Å². The Hall–Kier alpha value is -4.24. The molecule has 1 N–H and O–H groups in total. The van der Waals surface area contributed by atoms with Gasteiger partial charge in [0.15, 0.2) is 11.5 Å². The third kappa shape index (κ3) is 6.38. The topological polar surface area (TPSA) is 69.2 Å². The fraction of sp³-hybridized carbons (Fsp3) is 0.154. The molecule has 0 radical (unpaired) electrons. The summed E-state index contributed by atoms with van der Waals surface area (Å²) in [5.41, 5.74) is 4.65. The predicted octanol–water partition coefficient (Wildman–Crippen LogP) is 4.44. The van der Waals surface area contributed by atoms with Gasteiger partial charge in [-0.1, -0.05) is 48.4 Å². The van der Waals surface area contributed by atoms with Crippen molar-refractivity contribution in [3.8, 4) is 29.6 Å². The number of benzene rings is 3. The fourth-order valence-corrected chi connectivity index (χ4v) is 2.84. The standard InChI is InChI=1S/C26H24N2O4/c1-3-16-31-23-13-9-8-12-22(23)18-27-28-26(29)21-14-15-24(25(17-21)30-4-2)32-19-20-10-6-5-7-11-20/h1,5-15,17-18H,4,16,19H2,2H3,(H,28,29)/b27-18+. The number of nitrogens with zero attached hydrogens (tertiary/aromatic N) is 1. The van der Waals surface area contributed by atoms with Gasteiger partial charge in [0.1, 0.15) is 19.0 Å². The summed E-state index contributed by atoms with van der Waals surface area (Å²) in [4.78, 5) is 12.6. The molecule has 162 valence electrons. The lowest BCUT2D eigenvalue weighted by Gasteiger charge is -2.13. The fourth-order valence-electron chi connectivity index (χ4n) is 2.84. The number of hydrogen-bond donors (Lipinski definition) is 1. The van der Waals surface area contributed by atoms with E-state index >= 15 is 0 Å². The Bertz CT molecular complexity index is 1100. The van der Waals surface area contributed by atoms with E-state index in [-0.39, 0.29) is 12.5 Å². The van der Waals surface area contributed by atoms with Gasteiger partial charge in [-0.25, -0.2) is 5.43 Å². The molecule has 0 unspecified atom stereocenters. The summed E-state index contributed by atoms with van der Waals surface area (Å²) in [5, 5.41) is 4.03. The van der Waals surface area contributed by atoms with E-state index in [2.05, 4.69) is 16.4 Å².